The molecule has 1 aromatic heterocycles. The zero-order valence-electron chi connectivity index (χ0n) is 15.9. The predicted molar refractivity (Wildman–Crippen MR) is 113 cm³/mol. The van der Waals surface area contributed by atoms with Gasteiger partial charge in [0.05, 0.1) is 6.54 Å². The fraction of sp³-hybridized carbons (Fsp3) is 0.125. The number of benzene rings is 2. The van der Waals surface area contributed by atoms with E-state index in [1.54, 1.807) is 18.6 Å². The Morgan fingerprint density at radius 3 is 2.54 bits per heavy atom. The van der Waals surface area contributed by atoms with Crippen LogP contribution in [0.15, 0.2) is 67.1 Å². The van der Waals surface area contributed by atoms with Crippen LogP contribution in [0.3, 0.4) is 0 Å². The van der Waals surface area contributed by atoms with Crippen LogP contribution in [0.1, 0.15) is 22.3 Å². The molecule has 1 aliphatic heterocycles. The molecule has 0 aliphatic carbocycles. The minimum Gasteiger partial charge on any atom is -0.377 e. The first-order valence-electron chi connectivity index (χ1n) is 9.10. The third kappa shape index (κ3) is 3.75. The lowest BCUT2D eigenvalue weighted by Gasteiger charge is -2.24. The molecule has 28 heavy (non-hydrogen) atoms. The van der Waals surface area contributed by atoms with Crippen molar-refractivity contribution in [2.45, 2.75) is 6.54 Å². The van der Waals surface area contributed by atoms with Crippen molar-refractivity contribution in [3.63, 3.8) is 0 Å². The molecule has 0 saturated carbocycles. The van der Waals surface area contributed by atoms with Gasteiger partial charge in [-0.15, -0.1) is 0 Å². The highest BCUT2D eigenvalue weighted by Crippen LogP contribution is 2.35. The van der Waals surface area contributed by atoms with Crippen molar-refractivity contribution in [1.29, 1.82) is 0 Å². The summed E-state index contributed by atoms with van der Waals surface area (Å²) in [5.41, 5.74) is 7.53. The van der Waals surface area contributed by atoms with Gasteiger partial charge in [0.1, 0.15) is 0 Å². The molecule has 2 aromatic carbocycles. The van der Waals surface area contributed by atoms with Crippen LogP contribution in [0.25, 0.3) is 17.2 Å². The number of hydrogen-bond acceptors (Lipinski definition) is 4. The largest absolute Gasteiger partial charge is 0.377 e. The molecule has 4 rings (SSSR count). The Labute approximate surface area is 165 Å². The summed E-state index contributed by atoms with van der Waals surface area (Å²) in [6, 6.07) is 16.5. The van der Waals surface area contributed by atoms with E-state index in [1.165, 1.54) is 5.06 Å². The normalized spacial score (nSPS) is 12.2. The standard InChI is InChI=1S/C24H21N3O/c1-26(2)24-15-22-17-27(28)13-11-21(22)14-23(24)20-9-7-18(8-10-20)5-6-19-4-3-12-25-16-19/h3-4,7-16,28H,17H2,1-2H3. The van der Waals surface area contributed by atoms with Gasteiger partial charge in [0.15, 0.2) is 0 Å². The van der Waals surface area contributed by atoms with Gasteiger partial charge in [0.2, 0.25) is 0 Å². The number of hydroxylamine groups is 2. The zero-order valence-corrected chi connectivity index (χ0v) is 15.9. The van der Waals surface area contributed by atoms with Crippen molar-refractivity contribution < 1.29 is 5.21 Å². The molecule has 0 fully saturated rings. The number of fused-ring (bicyclic) bond motifs is 1. The van der Waals surface area contributed by atoms with Crippen molar-refractivity contribution in [3.05, 3.63) is 89.4 Å². The molecule has 3 aromatic rings. The molecular weight excluding hydrogens is 346 g/mol. The fourth-order valence-electron chi connectivity index (χ4n) is 3.25. The third-order valence-corrected chi connectivity index (χ3v) is 4.71. The lowest BCUT2D eigenvalue weighted by Crippen LogP contribution is -2.17. The van der Waals surface area contributed by atoms with E-state index in [-0.39, 0.29) is 0 Å². The Morgan fingerprint density at radius 1 is 1.04 bits per heavy atom. The van der Waals surface area contributed by atoms with E-state index in [4.69, 9.17) is 0 Å². The Hall–Kier alpha value is -3.55. The Morgan fingerprint density at radius 2 is 1.82 bits per heavy atom. The van der Waals surface area contributed by atoms with Crippen LogP contribution in [-0.4, -0.2) is 29.3 Å². The van der Waals surface area contributed by atoms with E-state index >= 15 is 0 Å². The first-order chi connectivity index (χ1) is 13.6. The quantitative estimate of drug-likeness (QED) is 0.682. The van der Waals surface area contributed by atoms with Crippen molar-refractivity contribution in [1.82, 2.24) is 10.0 Å². The Kier molecular flexibility index (Phi) is 4.84. The Balaban J connectivity index is 1.68. The van der Waals surface area contributed by atoms with Gasteiger partial charge in [0.25, 0.3) is 0 Å². The smallest absolute Gasteiger partial charge is 0.0703 e. The molecule has 2 heterocycles. The van der Waals surface area contributed by atoms with Gasteiger partial charge >= 0.3 is 0 Å². The summed E-state index contributed by atoms with van der Waals surface area (Å²) in [4.78, 5) is 6.19. The van der Waals surface area contributed by atoms with Crippen LogP contribution in [0, 0.1) is 11.8 Å². The highest BCUT2D eigenvalue weighted by atomic mass is 16.5. The number of pyridine rings is 1. The van der Waals surface area contributed by atoms with Gasteiger partial charge in [0, 0.05) is 55.1 Å². The highest BCUT2D eigenvalue weighted by molar-refractivity contribution is 5.82. The van der Waals surface area contributed by atoms with E-state index in [0.29, 0.717) is 6.54 Å². The highest BCUT2D eigenvalue weighted by Gasteiger charge is 2.15. The van der Waals surface area contributed by atoms with Gasteiger partial charge in [-0.3, -0.25) is 15.3 Å². The van der Waals surface area contributed by atoms with Gasteiger partial charge < -0.3 is 4.90 Å². The average molecular weight is 367 g/mol. The summed E-state index contributed by atoms with van der Waals surface area (Å²) in [5.74, 6) is 6.32. The molecule has 4 nitrogen and oxygen atoms in total. The molecule has 0 amide bonds. The van der Waals surface area contributed by atoms with E-state index in [0.717, 1.165) is 39.1 Å². The summed E-state index contributed by atoms with van der Waals surface area (Å²) < 4.78 is 0. The van der Waals surface area contributed by atoms with Crippen molar-refractivity contribution in [3.8, 4) is 23.0 Å². The summed E-state index contributed by atoms with van der Waals surface area (Å²) >= 11 is 0. The number of hydrogen-bond donors (Lipinski definition) is 1. The van der Waals surface area contributed by atoms with Crippen LogP contribution in [0.5, 0.6) is 0 Å². The third-order valence-electron chi connectivity index (χ3n) is 4.71. The molecule has 0 saturated heterocycles. The van der Waals surface area contributed by atoms with Crippen molar-refractivity contribution in [2.75, 3.05) is 19.0 Å². The minimum atomic E-state index is 0.496. The second kappa shape index (κ2) is 7.59. The van der Waals surface area contributed by atoms with Crippen LogP contribution in [0.2, 0.25) is 0 Å². The number of nitrogens with zero attached hydrogens (tertiary/aromatic N) is 3. The van der Waals surface area contributed by atoms with Crippen molar-refractivity contribution >= 4 is 11.8 Å². The zero-order chi connectivity index (χ0) is 19.5. The molecule has 0 radical (unpaired) electrons. The van der Waals surface area contributed by atoms with Crippen molar-refractivity contribution in [2.24, 2.45) is 0 Å². The average Bonchev–Trinajstić information content (AvgIpc) is 2.72. The molecular formula is C24H21N3O. The van der Waals surface area contributed by atoms with Crippen LogP contribution >= 0.6 is 0 Å². The first kappa shape index (κ1) is 17.8. The topological polar surface area (TPSA) is 39.6 Å². The maximum absolute atomic E-state index is 9.75. The van der Waals surface area contributed by atoms with E-state index in [2.05, 4.69) is 46.0 Å². The number of rotatable bonds is 2. The minimum absolute atomic E-state index is 0.496. The summed E-state index contributed by atoms with van der Waals surface area (Å²) in [6.07, 6.45) is 7.14. The SMILES string of the molecule is CN(C)c1cc2c(cc1-c1ccc(C#Cc3cccnc3)cc1)C=CN(O)C2. The molecule has 0 unspecified atom stereocenters. The maximum Gasteiger partial charge on any atom is 0.0703 e. The van der Waals surface area contributed by atoms with Gasteiger partial charge in [-0.2, -0.15) is 0 Å². The number of aromatic nitrogens is 1. The summed E-state index contributed by atoms with van der Waals surface area (Å²) in [7, 11) is 4.07. The molecule has 4 heteroatoms. The molecule has 0 spiro atoms. The fourth-order valence-corrected chi connectivity index (χ4v) is 3.25. The maximum atomic E-state index is 9.75. The molecule has 1 N–H and O–H groups in total. The van der Waals surface area contributed by atoms with Gasteiger partial charge in [-0.05, 0) is 59.2 Å². The number of anilines is 1. The van der Waals surface area contributed by atoms with Gasteiger partial charge in [-0.1, -0.05) is 24.0 Å². The molecule has 0 bridgehead atoms. The summed E-state index contributed by atoms with van der Waals surface area (Å²) in [6.45, 7) is 0.496. The first-order valence-corrected chi connectivity index (χ1v) is 9.10. The van der Waals surface area contributed by atoms with Crippen LogP contribution < -0.4 is 4.90 Å². The molecule has 1 aliphatic rings. The lowest BCUT2D eigenvalue weighted by molar-refractivity contribution is -0.0494. The van der Waals surface area contributed by atoms with E-state index in [1.807, 2.05) is 44.4 Å². The van der Waals surface area contributed by atoms with E-state index in [9.17, 15) is 5.21 Å². The predicted octanol–water partition coefficient (Wildman–Crippen LogP) is 4.39. The second-order valence-electron chi connectivity index (χ2n) is 6.94. The molecule has 138 valence electrons. The second-order valence-corrected chi connectivity index (χ2v) is 6.94. The van der Waals surface area contributed by atoms with Gasteiger partial charge in [-0.25, -0.2) is 0 Å². The van der Waals surface area contributed by atoms with Crippen LogP contribution in [-0.2, 0) is 6.54 Å². The lowest BCUT2D eigenvalue weighted by atomic mass is 9.94. The van der Waals surface area contributed by atoms with E-state index < -0.39 is 0 Å². The Bertz CT molecular complexity index is 1070. The van der Waals surface area contributed by atoms with Crippen LogP contribution in [0.4, 0.5) is 5.69 Å². The summed E-state index contributed by atoms with van der Waals surface area (Å²) in [5, 5.41) is 11.0. The molecule has 0 atom stereocenters. The monoisotopic (exact) mass is 367 g/mol.